The molecule has 0 radical (unpaired) electrons. The molecule has 0 aromatic heterocycles. The van der Waals surface area contributed by atoms with Gasteiger partial charge in [-0.1, -0.05) is 50.1 Å². The zero-order chi connectivity index (χ0) is 43.5. The van der Waals surface area contributed by atoms with Gasteiger partial charge in [-0.15, -0.1) is 0 Å². The molecule has 1 aromatic rings. The average molecular weight is 846 g/mol. The van der Waals surface area contributed by atoms with Gasteiger partial charge in [-0.25, -0.2) is 14.4 Å². The number of fused-ring (bicyclic) bond motifs is 4. The van der Waals surface area contributed by atoms with Crippen LogP contribution in [0.15, 0.2) is 59.7 Å². The number of aliphatic hydroxyl groups excluding tert-OH is 1. The van der Waals surface area contributed by atoms with Gasteiger partial charge in [0, 0.05) is 61.6 Å². The van der Waals surface area contributed by atoms with Crippen molar-refractivity contribution in [3.05, 3.63) is 65.3 Å². The fourth-order valence-corrected chi connectivity index (χ4v) is 11.5. The lowest BCUT2D eigenvalue weighted by Gasteiger charge is -2.63. The van der Waals surface area contributed by atoms with Crippen molar-refractivity contribution in [1.82, 2.24) is 15.1 Å². The minimum absolute atomic E-state index is 0.0150. The van der Waals surface area contributed by atoms with Gasteiger partial charge in [0.1, 0.15) is 18.8 Å². The number of hydrogen-bond acceptors (Lipinski definition) is 10. The van der Waals surface area contributed by atoms with Gasteiger partial charge in [-0.05, 0) is 106 Å². The van der Waals surface area contributed by atoms with Crippen LogP contribution < -0.4 is 16.4 Å². The SMILES string of the molecule is CCCC1O[C@@H]2C[C@H]3[C@@H]4CCC5=CC(=O)C=C[C@]5(C)C4[C@@H](O)C[C@@]34C=C(COC(=O)N(CC)CCN(CC)C(=O)OCc3ccc(NC(=O)CCCCNC(N)=O)cc3)[C@@]24O1. The number of ether oxygens (including phenoxy) is 4. The van der Waals surface area contributed by atoms with E-state index in [9.17, 15) is 29.1 Å². The van der Waals surface area contributed by atoms with Crippen LogP contribution in [-0.2, 0) is 35.1 Å². The fourth-order valence-electron chi connectivity index (χ4n) is 11.5. The molecule has 0 bridgehead atoms. The number of carbonyl (C=O) groups excluding carboxylic acids is 5. The number of primary amides is 1. The molecular formula is C46H63N5O10. The van der Waals surface area contributed by atoms with E-state index in [0.717, 1.165) is 48.8 Å². The number of amides is 5. The van der Waals surface area contributed by atoms with E-state index in [1.54, 1.807) is 41.3 Å². The summed E-state index contributed by atoms with van der Waals surface area (Å²) in [5.74, 6) is 0.294. The van der Waals surface area contributed by atoms with Gasteiger partial charge < -0.3 is 50.2 Å². The number of benzene rings is 1. The van der Waals surface area contributed by atoms with Crippen molar-refractivity contribution < 1.29 is 48.0 Å². The first-order chi connectivity index (χ1) is 29.3. The summed E-state index contributed by atoms with van der Waals surface area (Å²) in [4.78, 5) is 65.1. The van der Waals surface area contributed by atoms with Gasteiger partial charge >= 0.3 is 18.2 Å². The van der Waals surface area contributed by atoms with Crippen LogP contribution in [0.4, 0.5) is 20.1 Å². The highest BCUT2D eigenvalue weighted by Crippen LogP contribution is 2.75. The molecule has 15 heteroatoms. The molecule has 2 spiro atoms. The molecular weight excluding hydrogens is 783 g/mol. The largest absolute Gasteiger partial charge is 0.445 e. The van der Waals surface area contributed by atoms with Crippen LogP contribution >= 0.6 is 0 Å². The minimum Gasteiger partial charge on any atom is -0.445 e. The highest BCUT2D eigenvalue weighted by Gasteiger charge is 2.79. The van der Waals surface area contributed by atoms with Crippen molar-refractivity contribution in [3.63, 3.8) is 0 Å². The monoisotopic (exact) mass is 845 g/mol. The molecule has 7 rings (SSSR count). The summed E-state index contributed by atoms with van der Waals surface area (Å²) in [6, 6.07) is 6.46. The maximum Gasteiger partial charge on any atom is 0.410 e. The number of ketones is 1. The Morgan fingerprint density at radius 1 is 1.00 bits per heavy atom. The topological polar surface area (TPSA) is 199 Å². The second-order valence-electron chi connectivity index (χ2n) is 17.7. The predicted octanol–water partition coefficient (Wildman–Crippen LogP) is 5.97. The lowest BCUT2D eigenvalue weighted by atomic mass is 9.43. The number of nitrogens with two attached hydrogens (primary N) is 1. The Morgan fingerprint density at radius 2 is 1.70 bits per heavy atom. The number of carbonyl (C=O) groups is 5. The van der Waals surface area contributed by atoms with E-state index in [-0.39, 0.29) is 73.6 Å². The van der Waals surface area contributed by atoms with Gasteiger partial charge in [0.15, 0.2) is 12.1 Å². The first-order valence-corrected chi connectivity index (χ1v) is 22.2. The fraction of sp³-hybridized carbons (Fsp3) is 0.630. The third-order valence-electron chi connectivity index (χ3n) is 14.3. The standard InChI is InChI=1S/C46H63N5O10/c1-5-10-39-60-37-24-35-34-17-14-30-23-33(52)18-19-44(30,4)40(34)36(53)26-45(35)25-31(46(37,45)61-39)28-59-43(57)51(7-3)22-21-50(6-2)42(56)58-27-29-12-15-32(16-13-29)49-38(54)11-8-9-20-48-41(47)55/h12-13,15-16,18-19,23,25,34-37,39-40,53H,5-11,14,17,20-22,24,26-28H2,1-4H3,(H,49,54)(H3,47,48,55)/t34-,35-,36-,37+,39?,40?,44-,45-,46+/m0/s1. The van der Waals surface area contributed by atoms with Crippen molar-refractivity contribution in [2.24, 2.45) is 34.3 Å². The number of urea groups is 1. The Balaban J connectivity index is 0.921. The Labute approximate surface area is 358 Å². The van der Waals surface area contributed by atoms with E-state index >= 15 is 0 Å². The van der Waals surface area contributed by atoms with Crippen LogP contribution in [0.25, 0.3) is 0 Å². The minimum atomic E-state index is -0.778. The van der Waals surface area contributed by atoms with E-state index in [0.29, 0.717) is 51.0 Å². The molecule has 5 amide bonds. The smallest absolute Gasteiger partial charge is 0.410 e. The third-order valence-corrected chi connectivity index (χ3v) is 14.3. The summed E-state index contributed by atoms with van der Waals surface area (Å²) in [5.41, 5.74) is 6.83. The van der Waals surface area contributed by atoms with Crippen molar-refractivity contribution in [3.8, 4) is 0 Å². The van der Waals surface area contributed by atoms with Crippen LogP contribution in [-0.4, -0.2) is 108 Å². The molecule has 4 fully saturated rings. The van der Waals surface area contributed by atoms with Crippen LogP contribution in [0.3, 0.4) is 0 Å². The Bertz CT molecular complexity index is 1930. The normalized spacial score (nSPS) is 31.5. The second-order valence-corrected chi connectivity index (χ2v) is 17.7. The molecule has 1 aliphatic heterocycles. The van der Waals surface area contributed by atoms with Crippen LogP contribution in [0, 0.1) is 28.6 Å². The number of unbranched alkanes of at least 4 members (excludes halogenated alkanes) is 1. The van der Waals surface area contributed by atoms with E-state index in [1.165, 1.54) is 4.90 Å². The molecule has 15 nitrogen and oxygen atoms in total. The first-order valence-electron chi connectivity index (χ1n) is 22.2. The van der Waals surface area contributed by atoms with E-state index in [4.69, 9.17) is 24.7 Å². The molecule has 1 aromatic carbocycles. The Morgan fingerprint density at radius 3 is 2.38 bits per heavy atom. The number of rotatable bonds is 17. The highest BCUT2D eigenvalue weighted by molar-refractivity contribution is 6.01. The number of hydrogen-bond donors (Lipinski definition) is 4. The van der Waals surface area contributed by atoms with Crippen molar-refractivity contribution in [1.29, 1.82) is 0 Å². The molecule has 332 valence electrons. The maximum atomic E-state index is 13.6. The number of aliphatic hydroxyl groups is 1. The predicted molar refractivity (Wildman–Crippen MR) is 226 cm³/mol. The summed E-state index contributed by atoms with van der Waals surface area (Å²) in [6.07, 6.45) is 11.7. The van der Waals surface area contributed by atoms with Gasteiger partial charge in [-0.2, -0.15) is 0 Å². The molecule has 3 saturated carbocycles. The molecule has 5 N–H and O–H groups in total. The highest BCUT2D eigenvalue weighted by atomic mass is 16.7. The zero-order valence-corrected chi connectivity index (χ0v) is 36.0. The molecule has 1 saturated heterocycles. The van der Waals surface area contributed by atoms with Gasteiger partial charge in [0.05, 0.1) is 12.2 Å². The molecule has 5 aliphatic carbocycles. The first kappa shape index (κ1) is 44.3. The quantitative estimate of drug-likeness (QED) is 0.107. The van der Waals surface area contributed by atoms with Crippen molar-refractivity contribution >= 4 is 35.6 Å². The number of anilines is 1. The molecule has 9 atom stereocenters. The van der Waals surface area contributed by atoms with Crippen molar-refractivity contribution in [2.45, 2.75) is 116 Å². The summed E-state index contributed by atoms with van der Waals surface area (Å²) < 4.78 is 25.2. The lowest BCUT2D eigenvalue weighted by molar-refractivity contribution is -0.189. The van der Waals surface area contributed by atoms with Gasteiger partial charge in [-0.3, -0.25) is 9.59 Å². The number of allylic oxidation sites excluding steroid dienone is 4. The average Bonchev–Trinajstić information content (AvgIpc) is 3.70. The Hall–Kier alpha value is -4.73. The Kier molecular flexibility index (Phi) is 13.3. The summed E-state index contributed by atoms with van der Waals surface area (Å²) in [6.45, 7) is 9.73. The van der Waals surface area contributed by atoms with E-state index < -0.39 is 35.3 Å². The van der Waals surface area contributed by atoms with Crippen LogP contribution in [0.2, 0.25) is 0 Å². The zero-order valence-electron chi connectivity index (χ0n) is 36.0. The summed E-state index contributed by atoms with van der Waals surface area (Å²) >= 11 is 0. The molecule has 1 heterocycles. The van der Waals surface area contributed by atoms with Crippen molar-refractivity contribution in [2.75, 3.05) is 44.6 Å². The summed E-state index contributed by atoms with van der Waals surface area (Å²) in [5, 5.41) is 17.4. The molecule has 6 aliphatic rings. The summed E-state index contributed by atoms with van der Waals surface area (Å²) in [7, 11) is 0. The van der Waals surface area contributed by atoms with Gasteiger partial charge in [0.25, 0.3) is 0 Å². The maximum absolute atomic E-state index is 13.6. The molecule has 2 unspecified atom stereocenters. The number of likely N-dealkylation sites (N-methyl/N-ethyl adjacent to an activating group) is 2. The van der Waals surface area contributed by atoms with Crippen LogP contribution in [0.5, 0.6) is 0 Å². The lowest BCUT2D eigenvalue weighted by Crippen LogP contribution is -2.66. The third kappa shape index (κ3) is 8.45. The molecule has 61 heavy (non-hydrogen) atoms. The van der Waals surface area contributed by atoms with E-state index in [2.05, 4.69) is 30.6 Å². The van der Waals surface area contributed by atoms with Gasteiger partial charge in [0.2, 0.25) is 5.91 Å². The van der Waals surface area contributed by atoms with E-state index in [1.807, 2.05) is 19.9 Å². The number of nitrogens with one attached hydrogen (secondary N) is 2. The number of nitrogens with zero attached hydrogens (tertiary/aromatic N) is 2. The van der Waals surface area contributed by atoms with Crippen LogP contribution in [0.1, 0.15) is 91.0 Å². The second kappa shape index (κ2) is 18.3.